The first-order valence-corrected chi connectivity index (χ1v) is 8.26. The van der Waals surface area contributed by atoms with Crippen LogP contribution in [0.15, 0.2) is 40.9 Å². The Morgan fingerprint density at radius 1 is 1.09 bits per heavy atom. The van der Waals surface area contributed by atoms with E-state index in [1.807, 2.05) is 0 Å². The summed E-state index contributed by atoms with van der Waals surface area (Å²) in [4.78, 5) is 25.5. The molecule has 0 aromatic heterocycles. The van der Waals surface area contributed by atoms with Crippen LogP contribution in [-0.4, -0.2) is 24.8 Å². The Morgan fingerprint density at radius 2 is 1.87 bits per heavy atom. The van der Waals surface area contributed by atoms with Gasteiger partial charge < -0.3 is 9.64 Å². The molecular formula is C16H10BrCl2NO3. The predicted octanol–water partition coefficient (Wildman–Crippen LogP) is 4.36. The molecule has 2 aromatic carbocycles. The summed E-state index contributed by atoms with van der Waals surface area (Å²) >= 11 is 15.2. The van der Waals surface area contributed by atoms with Crippen molar-refractivity contribution in [2.24, 2.45) is 0 Å². The van der Waals surface area contributed by atoms with Crippen molar-refractivity contribution in [1.29, 1.82) is 0 Å². The summed E-state index contributed by atoms with van der Waals surface area (Å²) in [5.41, 5.74) is 0.981. The van der Waals surface area contributed by atoms with Crippen molar-refractivity contribution in [1.82, 2.24) is 0 Å². The van der Waals surface area contributed by atoms with Gasteiger partial charge >= 0.3 is 0 Å². The number of amides is 1. The number of carbonyl (C=O) groups is 2. The first-order valence-electron chi connectivity index (χ1n) is 6.71. The Balaban J connectivity index is 1.73. The Kier molecular flexibility index (Phi) is 4.62. The van der Waals surface area contributed by atoms with Gasteiger partial charge in [0.25, 0.3) is 11.7 Å². The molecule has 7 heteroatoms. The van der Waals surface area contributed by atoms with Gasteiger partial charge in [-0.05, 0) is 30.3 Å². The van der Waals surface area contributed by atoms with E-state index in [9.17, 15) is 9.59 Å². The van der Waals surface area contributed by atoms with Crippen LogP contribution in [0.2, 0.25) is 10.0 Å². The van der Waals surface area contributed by atoms with Gasteiger partial charge in [0.2, 0.25) is 0 Å². The van der Waals surface area contributed by atoms with Gasteiger partial charge in [0, 0.05) is 15.6 Å². The maximum absolute atomic E-state index is 12.1. The Morgan fingerprint density at radius 3 is 2.65 bits per heavy atom. The number of Topliss-reactive ketones (excluding diaryl/α,β-unsaturated/α-hetero) is 1. The van der Waals surface area contributed by atoms with Crippen molar-refractivity contribution in [2.75, 3.05) is 18.1 Å². The van der Waals surface area contributed by atoms with E-state index >= 15 is 0 Å². The maximum atomic E-state index is 12.1. The monoisotopic (exact) mass is 413 g/mol. The summed E-state index contributed by atoms with van der Waals surface area (Å²) in [6, 6.07) is 10.1. The van der Waals surface area contributed by atoms with Gasteiger partial charge in [-0.1, -0.05) is 39.1 Å². The number of benzene rings is 2. The molecule has 0 radical (unpaired) electrons. The highest BCUT2D eigenvalue weighted by atomic mass is 79.9. The molecule has 0 atom stereocenters. The lowest BCUT2D eigenvalue weighted by molar-refractivity contribution is -0.114. The molecule has 2 aromatic rings. The van der Waals surface area contributed by atoms with Gasteiger partial charge in [-0.3, -0.25) is 9.59 Å². The fourth-order valence-corrected chi connectivity index (χ4v) is 3.02. The zero-order valence-electron chi connectivity index (χ0n) is 11.7. The number of fused-ring (bicyclic) bond motifs is 1. The third-order valence-corrected chi connectivity index (χ3v) is 4.44. The number of hydrogen-bond acceptors (Lipinski definition) is 3. The highest BCUT2D eigenvalue weighted by molar-refractivity contribution is 9.10. The van der Waals surface area contributed by atoms with E-state index < -0.39 is 11.7 Å². The van der Waals surface area contributed by atoms with Crippen LogP contribution in [0.3, 0.4) is 0 Å². The first-order chi connectivity index (χ1) is 11.0. The van der Waals surface area contributed by atoms with Gasteiger partial charge in [0.05, 0.1) is 22.8 Å². The number of carbonyl (C=O) groups excluding carboxylic acids is 2. The second-order valence-electron chi connectivity index (χ2n) is 4.87. The molecule has 1 aliphatic heterocycles. The summed E-state index contributed by atoms with van der Waals surface area (Å²) in [5, 5.41) is 0.939. The van der Waals surface area contributed by atoms with E-state index in [1.54, 1.807) is 36.4 Å². The standard InChI is InChI=1S/C16H10BrCl2NO3/c17-9-1-4-13-11(7-9)15(21)16(22)20(13)5-6-23-14-8-10(18)2-3-12(14)19/h1-4,7-8H,5-6H2. The highest BCUT2D eigenvalue weighted by Gasteiger charge is 2.35. The van der Waals surface area contributed by atoms with Crippen molar-refractivity contribution in [2.45, 2.75) is 0 Å². The minimum absolute atomic E-state index is 0.189. The van der Waals surface area contributed by atoms with Crippen molar-refractivity contribution in [3.8, 4) is 5.75 Å². The summed E-state index contributed by atoms with van der Waals surface area (Å²) < 4.78 is 6.32. The van der Waals surface area contributed by atoms with Crippen LogP contribution in [0.1, 0.15) is 10.4 Å². The molecular weight excluding hydrogens is 405 g/mol. The highest BCUT2D eigenvalue weighted by Crippen LogP contribution is 2.32. The minimum Gasteiger partial charge on any atom is -0.490 e. The lowest BCUT2D eigenvalue weighted by Crippen LogP contribution is -2.33. The average Bonchev–Trinajstić information content (AvgIpc) is 2.75. The summed E-state index contributed by atoms with van der Waals surface area (Å²) in [5.74, 6) is -0.630. The molecule has 0 unspecified atom stereocenters. The zero-order chi connectivity index (χ0) is 16.6. The normalized spacial score (nSPS) is 13.4. The van der Waals surface area contributed by atoms with Crippen molar-refractivity contribution in [3.63, 3.8) is 0 Å². The molecule has 1 amide bonds. The maximum Gasteiger partial charge on any atom is 0.299 e. The van der Waals surface area contributed by atoms with Crippen LogP contribution in [0.25, 0.3) is 0 Å². The summed E-state index contributed by atoms with van der Waals surface area (Å²) in [7, 11) is 0. The third-order valence-electron chi connectivity index (χ3n) is 3.40. The largest absolute Gasteiger partial charge is 0.490 e. The van der Waals surface area contributed by atoms with Gasteiger partial charge in [0.15, 0.2) is 0 Å². The molecule has 0 bridgehead atoms. The lowest BCUT2D eigenvalue weighted by atomic mass is 10.1. The van der Waals surface area contributed by atoms with E-state index in [4.69, 9.17) is 27.9 Å². The van der Waals surface area contributed by atoms with Gasteiger partial charge in [-0.2, -0.15) is 0 Å². The lowest BCUT2D eigenvalue weighted by Gasteiger charge is -2.17. The molecule has 0 saturated heterocycles. The van der Waals surface area contributed by atoms with Crippen molar-refractivity contribution < 1.29 is 14.3 Å². The van der Waals surface area contributed by atoms with E-state index in [0.29, 0.717) is 27.0 Å². The summed E-state index contributed by atoms with van der Waals surface area (Å²) in [6.45, 7) is 0.427. The van der Waals surface area contributed by atoms with E-state index in [0.717, 1.165) is 4.47 Å². The Hall–Kier alpha value is -1.56. The van der Waals surface area contributed by atoms with Crippen LogP contribution in [0.5, 0.6) is 5.75 Å². The van der Waals surface area contributed by atoms with Gasteiger partial charge in [0.1, 0.15) is 12.4 Å². The first kappa shape index (κ1) is 16.3. The van der Waals surface area contributed by atoms with Crippen LogP contribution < -0.4 is 9.64 Å². The molecule has 4 nitrogen and oxygen atoms in total. The molecule has 0 N–H and O–H groups in total. The van der Waals surface area contributed by atoms with Gasteiger partial charge in [-0.15, -0.1) is 0 Å². The number of rotatable bonds is 4. The fourth-order valence-electron chi connectivity index (χ4n) is 2.33. The number of hydrogen-bond donors (Lipinski definition) is 0. The predicted molar refractivity (Wildman–Crippen MR) is 92.8 cm³/mol. The van der Waals surface area contributed by atoms with Crippen molar-refractivity contribution >= 4 is 56.5 Å². The number of anilines is 1. The van der Waals surface area contributed by atoms with E-state index in [-0.39, 0.29) is 13.2 Å². The second-order valence-corrected chi connectivity index (χ2v) is 6.63. The van der Waals surface area contributed by atoms with E-state index in [2.05, 4.69) is 15.9 Å². The topological polar surface area (TPSA) is 46.6 Å². The fraction of sp³-hybridized carbons (Fsp3) is 0.125. The molecule has 0 saturated carbocycles. The van der Waals surface area contributed by atoms with Crippen LogP contribution in [0, 0.1) is 0 Å². The molecule has 0 aliphatic carbocycles. The Labute approximate surface area is 151 Å². The average molecular weight is 415 g/mol. The van der Waals surface area contributed by atoms with Crippen molar-refractivity contribution in [3.05, 3.63) is 56.5 Å². The number of ketones is 1. The summed E-state index contributed by atoms with van der Waals surface area (Å²) in [6.07, 6.45) is 0. The molecule has 1 aliphatic rings. The molecule has 3 rings (SSSR count). The van der Waals surface area contributed by atoms with Crippen LogP contribution >= 0.6 is 39.1 Å². The van der Waals surface area contributed by atoms with Crippen LogP contribution in [0.4, 0.5) is 5.69 Å². The second kappa shape index (κ2) is 6.51. The van der Waals surface area contributed by atoms with E-state index in [1.165, 1.54) is 4.90 Å². The molecule has 0 spiro atoms. The number of halogens is 3. The Bertz CT molecular complexity index is 810. The third kappa shape index (κ3) is 3.22. The number of nitrogens with zero attached hydrogens (tertiary/aromatic N) is 1. The van der Waals surface area contributed by atoms with Crippen LogP contribution in [-0.2, 0) is 4.79 Å². The quantitative estimate of drug-likeness (QED) is 0.698. The molecule has 0 fully saturated rings. The number of ether oxygens (including phenoxy) is 1. The molecule has 23 heavy (non-hydrogen) atoms. The smallest absolute Gasteiger partial charge is 0.299 e. The molecule has 1 heterocycles. The van der Waals surface area contributed by atoms with Gasteiger partial charge in [-0.25, -0.2) is 0 Å². The zero-order valence-corrected chi connectivity index (χ0v) is 14.8. The molecule has 118 valence electrons. The minimum atomic E-state index is -0.557. The SMILES string of the molecule is O=C1C(=O)N(CCOc2cc(Cl)ccc2Cl)c2ccc(Br)cc21.